The maximum atomic E-state index is 13.0. The Morgan fingerprint density at radius 1 is 1.25 bits per heavy atom. The smallest absolute Gasteiger partial charge is 0.258 e. The fourth-order valence-corrected chi connectivity index (χ4v) is 4.89. The molecule has 0 fully saturated rings. The molecule has 5 nitrogen and oxygen atoms in total. The molecule has 0 saturated carbocycles. The number of halogens is 1. The van der Waals surface area contributed by atoms with Crippen molar-refractivity contribution in [1.29, 1.82) is 0 Å². The van der Waals surface area contributed by atoms with Gasteiger partial charge in [0.05, 0.1) is 16.0 Å². The highest BCUT2D eigenvalue weighted by Crippen LogP contribution is 2.37. The first-order valence-electron chi connectivity index (χ1n) is 8.52. The third kappa shape index (κ3) is 4.21. The maximum absolute atomic E-state index is 13.0. The second-order valence-electron chi connectivity index (χ2n) is 5.95. The van der Waals surface area contributed by atoms with Crippen LogP contribution in [0, 0.1) is 5.82 Å². The van der Waals surface area contributed by atoms with Gasteiger partial charge >= 0.3 is 0 Å². The Bertz CT molecular complexity index is 1080. The molecule has 1 aromatic heterocycles. The standard InChI is InChI=1S/C19H17FN2O3S3/c1-26-7-6-22-14-8-15-16(25-11-24-15)9-17(14)28-19(22)21-18(23)10-27-13-4-2-12(20)3-5-13/h2-5,8-9H,6-7,10-11H2,1H3. The first-order valence-corrected chi connectivity index (χ1v) is 11.7. The summed E-state index contributed by atoms with van der Waals surface area (Å²) in [5, 5.41) is 0. The van der Waals surface area contributed by atoms with Crippen molar-refractivity contribution in [3.63, 3.8) is 0 Å². The van der Waals surface area contributed by atoms with Gasteiger partial charge in [-0.05, 0) is 30.5 Å². The molecule has 9 heteroatoms. The second-order valence-corrected chi connectivity index (χ2v) is 8.99. The van der Waals surface area contributed by atoms with Gasteiger partial charge in [0, 0.05) is 29.3 Å². The van der Waals surface area contributed by atoms with E-state index in [-0.39, 0.29) is 24.3 Å². The first-order chi connectivity index (χ1) is 13.6. The van der Waals surface area contributed by atoms with E-state index in [0.717, 1.165) is 33.2 Å². The fraction of sp³-hybridized carbons (Fsp3) is 0.263. The topological polar surface area (TPSA) is 52.8 Å². The normalized spacial score (nSPS) is 13.4. The van der Waals surface area contributed by atoms with Crippen molar-refractivity contribution in [2.75, 3.05) is 24.6 Å². The molecule has 3 aromatic rings. The number of amides is 1. The highest BCUT2D eigenvalue weighted by atomic mass is 32.2. The van der Waals surface area contributed by atoms with Gasteiger partial charge in [-0.3, -0.25) is 4.79 Å². The molecule has 2 aromatic carbocycles. The molecular weight excluding hydrogens is 419 g/mol. The van der Waals surface area contributed by atoms with E-state index in [9.17, 15) is 9.18 Å². The van der Waals surface area contributed by atoms with Gasteiger partial charge in [0.1, 0.15) is 5.82 Å². The van der Waals surface area contributed by atoms with E-state index in [0.29, 0.717) is 10.6 Å². The molecule has 1 amide bonds. The fourth-order valence-electron chi connectivity index (χ4n) is 2.76. The van der Waals surface area contributed by atoms with Crippen LogP contribution < -0.4 is 14.3 Å². The number of hydrogen-bond acceptors (Lipinski definition) is 6. The van der Waals surface area contributed by atoms with Crippen LogP contribution in [-0.4, -0.2) is 35.0 Å². The van der Waals surface area contributed by atoms with Gasteiger partial charge in [0.25, 0.3) is 5.91 Å². The molecule has 4 rings (SSSR count). The van der Waals surface area contributed by atoms with Crippen molar-refractivity contribution in [3.8, 4) is 11.5 Å². The summed E-state index contributed by atoms with van der Waals surface area (Å²) in [4.78, 5) is 18.3. The Labute approximate surface area is 173 Å². The summed E-state index contributed by atoms with van der Waals surface area (Å²) in [6.07, 6.45) is 2.05. The van der Waals surface area contributed by atoms with Crippen LogP contribution in [0.15, 0.2) is 46.3 Å². The van der Waals surface area contributed by atoms with E-state index >= 15 is 0 Å². The monoisotopic (exact) mass is 436 g/mol. The number of nitrogens with zero attached hydrogens (tertiary/aromatic N) is 2. The van der Waals surface area contributed by atoms with Crippen LogP contribution >= 0.6 is 34.9 Å². The zero-order valence-corrected chi connectivity index (χ0v) is 17.5. The van der Waals surface area contributed by atoms with Crippen LogP contribution in [0.3, 0.4) is 0 Å². The summed E-state index contributed by atoms with van der Waals surface area (Å²) in [7, 11) is 0. The van der Waals surface area contributed by atoms with Crippen molar-refractivity contribution in [2.24, 2.45) is 4.99 Å². The molecule has 146 valence electrons. The highest BCUT2D eigenvalue weighted by Gasteiger charge is 2.18. The number of aromatic nitrogens is 1. The van der Waals surface area contributed by atoms with E-state index < -0.39 is 0 Å². The third-order valence-corrected chi connectivity index (χ3v) is 6.72. The summed E-state index contributed by atoms with van der Waals surface area (Å²) >= 11 is 4.55. The van der Waals surface area contributed by atoms with Crippen LogP contribution in [-0.2, 0) is 11.3 Å². The third-order valence-electron chi connectivity index (χ3n) is 4.09. The molecule has 0 radical (unpaired) electrons. The number of carbonyl (C=O) groups excluding carboxylic acids is 1. The van der Waals surface area contributed by atoms with Crippen molar-refractivity contribution >= 4 is 51.0 Å². The van der Waals surface area contributed by atoms with Crippen molar-refractivity contribution < 1.29 is 18.7 Å². The molecule has 0 N–H and O–H groups in total. The second kappa shape index (κ2) is 8.59. The first kappa shape index (κ1) is 19.4. The number of benzene rings is 2. The number of hydrogen-bond donors (Lipinski definition) is 0. The summed E-state index contributed by atoms with van der Waals surface area (Å²) in [5.41, 5.74) is 0.987. The van der Waals surface area contributed by atoms with Crippen molar-refractivity contribution in [3.05, 3.63) is 47.0 Å². The number of thiazole rings is 1. The minimum Gasteiger partial charge on any atom is -0.454 e. The van der Waals surface area contributed by atoms with Crippen LogP contribution in [0.2, 0.25) is 0 Å². The van der Waals surface area contributed by atoms with Gasteiger partial charge in [0.2, 0.25) is 6.79 Å². The zero-order chi connectivity index (χ0) is 19.5. The molecule has 0 saturated heterocycles. The number of fused-ring (bicyclic) bond motifs is 2. The lowest BCUT2D eigenvalue weighted by atomic mass is 10.3. The van der Waals surface area contributed by atoms with Gasteiger partial charge in [-0.1, -0.05) is 11.3 Å². The molecule has 0 unspecified atom stereocenters. The van der Waals surface area contributed by atoms with E-state index in [1.807, 2.05) is 18.4 Å². The summed E-state index contributed by atoms with van der Waals surface area (Å²) in [6.45, 7) is 0.978. The molecule has 1 aliphatic heterocycles. The number of rotatable bonds is 6. The predicted octanol–water partition coefficient (Wildman–Crippen LogP) is 4.15. The minimum atomic E-state index is -0.291. The molecule has 1 aliphatic rings. The summed E-state index contributed by atoms with van der Waals surface area (Å²) in [6, 6.07) is 9.98. The Morgan fingerprint density at radius 3 is 2.75 bits per heavy atom. The summed E-state index contributed by atoms with van der Waals surface area (Å²) < 4.78 is 27.0. The molecular formula is C19H17FN2O3S3. The highest BCUT2D eigenvalue weighted by molar-refractivity contribution is 8.00. The average molecular weight is 437 g/mol. The molecule has 28 heavy (non-hydrogen) atoms. The number of thioether (sulfide) groups is 2. The van der Waals surface area contributed by atoms with Gasteiger partial charge in [-0.25, -0.2) is 4.39 Å². The van der Waals surface area contributed by atoms with E-state index in [1.165, 1.54) is 35.2 Å². The summed E-state index contributed by atoms with van der Waals surface area (Å²) in [5.74, 6) is 2.03. The minimum absolute atomic E-state index is 0.200. The Morgan fingerprint density at radius 2 is 2.00 bits per heavy atom. The van der Waals surface area contributed by atoms with Crippen LogP contribution in [0.4, 0.5) is 4.39 Å². The van der Waals surface area contributed by atoms with E-state index in [2.05, 4.69) is 9.56 Å². The van der Waals surface area contributed by atoms with E-state index in [4.69, 9.17) is 9.47 Å². The molecule has 2 heterocycles. The number of ether oxygens (including phenoxy) is 2. The lowest BCUT2D eigenvalue weighted by Gasteiger charge is -2.04. The van der Waals surface area contributed by atoms with Crippen LogP contribution in [0.5, 0.6) is 11.5 Å². The van der Waals surface area contributed by atoms with Crippen LogP contribution in [0.25, 0.3) is 10.2 Å². The van der Waals surface area contributed by atoms with Crippen LogP contribution in [0.1, 0.15) is 0 Å². The number of aryl methyl sites for hydroxylation is 1. The van der Waals surface area contributed by atoms with Crippen molar-refractivity contribution in [1.82, 2.24) is 4.57 Å². The zero-order valence-electron chi connectivity index (χ0n) is 15.0. The Hall–Kier alpha value is -1.97. The predicted molar refractivity (Wildman–Crippen MR) is 112 cm³/mol. The lowest BCUT2D eigenvalue weighted by Crippen LogP contribution is -2.18. The maximum Gasteiger partial charge on any atom is 0.258 e. The lowest BCUT2D eigenvalue weighted by molar-refractivity contribution is -0.115. The van der Waals surface area contributed by atoms with E-state index in [1.54, 1.807) is 23.9 Å². The van der Waals surface area contributed by atoms with Gasteiger partial charge < -0.3 is 14.0 Å². The Kier molecular flexibility index (Phi) is 5.93. The van der Waals surface area contributed by atoms with Crippen molar-refractivity contribution in [2.45, 2.75) is 11.4 Å². The SMILES string of the molecule is CSCCn1c(=NC(=O)CSc2ccc(F)cc2)sc2cc3c(cc21)OCO3. The number of carbonyl (C=O) groups is 1. The van der Waals surface area contributed by atoms with Gasteiger partial charge in [0.15, 0.2) is 16.3 Å². The molecule has 0 bridgehead atoms. The average Bonchev–Trinajstić information content (AvgIpc) is 3.27. The quantitative estimate of drug-likeness (QED) is 0.544. The van der Waals surface area contributed by atoms with Gasteiger partial charge in [-0.15, -0.1) is 11.8 Å². The molecule has 0 spiro atoms. The largest absolute Gasteiger partial charge is 0.454 e. The molecule has 0 aliphatic carbocycles. The van der Waals surface area contributed by atoms with Gasteiger partial charge in [-0.2, -0.15) is 16.8 Å². The molecule has 0 atom stereocenters. The Balaban J connectivity index is 1.62.